The van der Waals surface area contributed by atoms with E-state index in [1.54, 1.807) is 24.3 Å². The molecule has 1 aromatic heterocycles. The lowest BCUT2D eigenvalue weighted by atomic mass is 10.2. The Hall–Kier alpha value is -2.67. The summed E-state index contributed by atoms with van der Waals surface area (Å²) in [7, 11) is 0. The van der Waals surface area contributed by atoms with E-state index in [1.165, 1.54) is 5.56 Å². The number of aromatic nitrogens is 1. The van der Waals surface area contributed by atoms with Gasteiger partial charge >= 0.3 is 0 Å². The average Bonchev–Trinajstić information content (AvgIpc) is 2.54. The van der Waals surface area contributed by atoms with Crippen LogP contribution in [0.5, 0.6) is 0 Å². The van der Waals surface area contributed by atoms with Crippen LogP contribution in [-0.2, 0) is 11.2 Å². The van der Waals surface area contributed by atoms with Crippen molar-refractivity contribution in [2.75, 3.05) is 5.32 Å². The average molecular weight is 280 g/mol. The van der Waals surface area contributed by atoms with E-state index in [2.05, 4.69) is 18.3 Å². The van der Waals surface area contributed by atoms with Gasteiger partial charge in [-0.05, 0) is 30.2 Å². The number of amides is 1. The van der Waals surface area contributed by atoms with Crippen LogP contribution in [0.15, 0.2) is 48.8 Å². The maximum Gasteiger partial charge on any atom is 0.293 e. The Bertz CT molecular complexity index is 671. The highest BCUT2D eigenvalue weighted by molar-refractivity contribution is 5.92. The normalized spacial score (nSPS) is 11.5. The maximum atomic E-state index is 12.3. The standard InChI is InChI=1S/C17H17N3O/c1-3-14-7-9-20(10-8-14)13(2)17(21)19-16-6-4-5-15(11-16)12-18/h4-11,13H,3H2,1-2H3/p+1/t13-/m1/s1. The van der Waals surface area contributed by atoms with E-state index in [9.17, 15) is 4.79 Å². The molecule has 0 aliphatic rings. The van der Waals surface area contributed by atoms with Crippen LogP contribution in [-0.4, -0.2) is 5.91 Å². The van der Waals surface area contributed by atoms with Crippen molar-refractivity contribution in [1.82, 2.24) is 0 Å². The van der Waals surface area contributed by atoms with Gasteiger partial charge in [-0.2, -0.15) is 9.83 Å². The minimum atomic E-state index is -0.318. The summed E-state index contributed by atoms with van der Waals surface area (Å²) < 4.78 is 1.86. The summed E-state index contributed by atoms with van der Waals surface area (Å²) in [5, 5.41) is 11.7. The largest absolute Gasteiger partial charge is 0.320 e. The van der Waals surface area contributed by atoms with Crippen molar-refractivity contribution in [2.45, 2.75) is 26.3 Å². The van der Waals surface area contributed by atoms with Crippen LogP contribution in [0.2, 0.25) is 0 Å². The second-order valence-corrected chi connectivity index (χ2v) is 4.86. The van der Waals surface area contributed by atoms with Crippen LogP contribution in [0.1, 0.15) is 31.0 Å². The highest BCUT2D eigenvalue weighted by atomic mass is 16.2. The molecule has 0 fully saturated rings. The third kappa shape index (κ3) is 3.67. The maximum absolute atomic E-state index is 12.3. The third-order valence-electron chi connectivity index (χ3n) is 3.42. The number of carbonyl (C=O) groups is 1. The monoisotopic (exact) mass is 280 g/mol. The molecule has 0 bridgehead atoms. The molecule has 21 heavy (non-hydrogen) atoms. The smallest absolute Gasteiger partial charge is 0.293 e. The van der Waals surface area contributed by atoms with E-state index in [1.807, 2.05) is 36.0 Å². The summed E-state index contributed by atoms with van der Waals surface area (Å²) in [4.78, 5) is 12.3. The van der Waals surface area contributed by atoms with Gasteiger partial charge in [-0.15, -0.1) is 0 Å². The van der Waals surface area contributed by atoms with Crippen LogP contribution in [0.3, 0.4) is 0 Å². The first-order chi connectivity index (χ1) is 10.1. The fourth-order valence-corrected chi connectivity index (χ4v) is 2.01. The number of anilines is 1. The number of aryl methyl sites for hydroxylation is 1. The highest BCUT2D eigenvalue weighted by Crippen LogP contribution is 2.11. The molecule has 0 aliphatic heterocycles. The lowest BCUT2D eigenvalue weighted by molar-refractivity contribution is -0.705. The Morgan fingerprint density at radius 3 is 2.67 bits per heavy atom. The number of nitriles is 1. The first-order valence-electron chi connectivity index (χ1n) is 6.94. The van der Waals surface area contributed by atoms with E-state index in [-0.39, 0.29) is 11.9 Å². The van der Waals surface area contributed by atoms with Gasteiger partial charge in [0, 0.05) is 24.7 Å². The molecule has 1 amide bonds. The van der Waals surface area contributed by atoms with Crippen molar-refractivity contribution in [3.05, 3.63) is 59.9 Å². The molecule has 0 spiro atoms. The van der Waals surface area contributed by atoms with Crippen LogP contribution in [0.4, 0.5) is 5.69 Å². The van der Waals surface area contributed by atoms with Crippen molar-refractivity contribution in [1.29, 1.82) is 5.26 Å². The van der Waals surface area contributed by atoms with Crippen LogP contribution >= 0.6 is 0 Å². The van der Waals surface area contributed by atoms with E-state index in [0.717, 1.165) is 6.42 Å². The summed E-state index contributed by atoms with van der Waals surface area (Å²) in [5.74, 6) is -0.112. The van der Waals surface area contributed by atoms with Gasteiger partial charge in [0.25, 0.3) is 5.91 Å². The molecule has 0 saturated heterocycles. The Balaban J connectivity index is 2.09. The zero-order valence-corrected chi connectivity index (χ0v) is 12.2. The Labute approximate surface area is 124 Å². The fourth-order valence-electron chi connectivity index (χ4n) is 2.01. The lowest BCUT2D eigenvalue weighted by Gasteiger charge is -2.09. The highest BCUT2D eigenvalue weighted by Gasteiger charge is 2.21. The number of nitrogens with zero attached hydrogens (tertiary/aromatic N) is 2. The van der Waals surface area contributed by atoms with Gasteiger partial charge in [0.05, 0.1) is 11.6 Å². The summed E-state index contributed by atoms with van der Waals surface area (Å²) >= 11 is 0. The fraction of sp³-hybridized carbons (Fsp3) is 0.235. The van der Waals surface area contributed by atoms with E-state index >= 15 is 0 Å². The summed E-state index contributed by atoms with van der Waals surface area (Å²) in [6, 6.07) is 12.7. The molecular weight excluding hydrogens is 262 g/mol. The molecular formula is C17H18N3O+. The molecule has 2 rings (SSSR count). The van der Waals surface area contributed by atoms with Gasteiger partial charge in [-0.25, -0.2) is 0 Å². The van der Waals surface area contributed by atoms with Crippen molar-refractivity contribution >= 4 is 11.6 Å². The number of benzene rings is 1. The number of pyridine rings is 1. The summed E-state index contributed by atoms with van der Waals surface area (Å²) in [5.41, 5.74) is 2.40. The van der Waals surface area contributed by atoms with Crippen molar-refractivity contribution in [2.24, 2.45) is 0 Å². The molecule has 1 atom stereocenters. The van der Waals surface area contributed by atoms with Crippen molar-refractivity contribution < 1.29 is 9.36 Å². The Kier molecular flexibility index (Phi) is 4.68. The molecule has 0 unspecified atom stereocenters. The molecule has 1 heterocycles. The van der Waals surface area contributed by atoms with Crippen molar-refractivity contribution in [3.8, 4) is 6.07 Å². The van der Waals surface area contributed by atoms with Crippen molar-refractivity contribution in [3.63, 3.8) is 0 Å². The van der Waals surface area contributed by atoms with E-state index in [4.69, 9.17) is 5.26 Å². The predicted octanol–water partition coefficient (Wildman–Crippen LogP) is 2.61. The SMILES string of the molecule is CCc1cc[n+]([C@H](C)C(=O)Nc2cccc(C#N)c2)cc1. The van der Waals surface area contributed by atoms with Gasteiger partial charge in [-0.1, -0.05) is 13.0 Å². The van der Waals surface area contributed by atoms with Gasteiger partial charge in [0.2, 0.25) is 6.04 Å². The molecule has 0 radical (unpaired) electrons. The minimum absolute atomic E-state index is 0.112. The lowest BCUT2D eigenvalue weighted by Crippen LogP contribution is -2.44. The summed E-state index contributed by atoms with van der Waals surface area (Å²) in [6.45, 7) is 3.94. The second kappa shape index (κ2) is 6.67. The Morgan fingerprint density at radius 1 is 1.33 bits per heavy atom. The van der Waals surface area contributed by atoms with Gasteiger partial charge in [-0.3, -0.25) is 4.79 Å². The second-order valence-electron chi connectivity index (χ2n) is 4.86. The minimum Gasteiger partial charge on any atom is -0.320 e. The molecule has 0 aliphatic carbocycles. The zero-order chi connectivity index (χ0) is 15.2. The number of hydrogen-bond donors (Lipinski definition) is 1. The number of carbonyl (C=O) groups excluding carboxylic acids is 1. The topological polar surface area (TPSA) is 56.8 Å². The first-order valence-corrected chi connectivity index (χ1v) is 6.94. The number of hydrogen-bond acceptors (Lipinski definition) is 2. The molecule has 106 valence electrons. The summed E-state index contributed by atoms with van der Waals surface area (Å²) in [6.07, 6.45) is 4.80. The van der Waals surface area contributed by atoms with Gasteiger partial charge in [0.1, 0.15) is 0 Å². The van der Waals surface area contributed by atoms with Crippen LogP contribution < -0.4 is 9.88 Å². The van der Waals surface area contributed by atoms with Crippen LogP contribution in [0.25, 0.3) is 0 Å². The molecule has 4 nitrogen and oxygen atoms in total. The molecule has 1 N–H and O–H groups in total. The first kappa shape index (κ1) is 14.7. The van der Waals surface area contributed by atoms with Crippen LogP contribution in [0, 0.1) is 11.3 Å². The molecule has 0 saturated carbocycles. The van der Waals surface area contributed by atoms with E-state index in [0.29, 0.717) is 11.3 Å². The third-order valence-corrected chi connectivity index (χ3v) is 3.42. The molecule has 2 aromatic rings. The quantitative estimate of drug-likeness (QED) is 0.875. The zero-order valence-electron chi connectivity index (χ0n) is 12.2. The predicted molar refractivity (Wildman–Crippen MR) is 80.5 cm³/mol. The van der Waals surface area contributed by atoms with E-state index < -0.39 is 0 Å². The molecule has 4 heteroatoms. The Morgan fingerprint density at radius 2 is 2.05 bits per heavy atom. The van der Waals surface area contributed by atoms with Gasteiger partial charge in [0.15, 0.2) is 12.4 Å². The molecule has 1 aromatic carbocycles. The number of rotatable bonds is 4. The van der Waals surface area contributed by atoms with Gasteiger partial charge < -0.3 is 5.32 Å². The number of nitrogens with one attached hydrogen (secondary N) is 1.